The number of ether oxygens (including phenoxy) is 1. The molecular formula is C21H19ClN4O2. The second kappa shape index (κ2) is 7.86. The van der Waals surface area contributed by atoms with Crippen molar-refractivity contribution in [3.8, 4) is 5.75 Å². The summed E-state index contributed by atoms with van der Waals surface area (Å²) in [6, 6.07) is 6.96. The zero-order valence-electron chi connectivity index (χ0n) is 15.1. The van der Waals surface area contributed by atoms with Gasteiger partial charge in [0, 0.05) is 22.6 Å². The number of hydrogen-bond acceptors (Lipinski definition) is 4. The number of nitrogens with one attached hydrogen (secondary N) is 1. The third-order valence-electron chi connectivity index (χ3n) is 4.52. The number of fused-ring (bicyclic) bond motifs is 1. The Bertz CT molecular complexity index is 1140. The second-order valence-corrected chi connectivity index (χ2v) is 6.90. The first kappa shape index (κ1) is 18.3. The predicted octanol–water partition coefficient (Wildman–Crippen LogP) is 3.98. The van der Waals surface area contributed by atoms with Crippen molar-refractivity contribution >= 4 is 17.4 Å². The van der Waals surface area contributed by atoms with Gasteiger partial charge in [-0.1, -0.05) is 48.0 Å². The first-order valence-electron chi connectivity index (χ1n) is 8.99. The summed E-state index contributed by atoms with van der Waals surface area (Å²) in [5.41, 5.74) is 1.23. The van der Waals surface area contributed by atoms with E-state index < -0.39 is 0 Å². The molecule has 1 aliphatic rings. The summed E-state index contributed by atoms with van der Waals surface area (Å²) in [4.78, 5) is 20.1. The van der Waals surface area contributed by atoms with E-state index in [0.717, 1.165) is 12.0 Å². The number of aromatic amines is 1. The van der Waals surface area contributed by atoms with Crippen molar-refractivity contribution in [1.82, 2.24) is 19.6 Å². The van der Waals surface area contributed by atoms with Gasteiger partial charge in [-0.2, -0.15) is 9.50 Å². The number of benzene rings is 1. The number of halogens is 1. The number of H-pyrrole nitrogens is 1. The van der Waals surface area contributed by atoms with Crippen LogP contribution in [0.5, 0.6) is 5.75 Å². The molecular weight excluding hydrogens is 376 g/mol. The van der Waals surface area contributed by atoms with Crippen molar-refractivity contribution < 1.29 is 4.74 Å². The Morgan fingerprint density at radius 2 is 2.29 bits per heavy atom. The van der Waals surface area contributed by atoms with Crippen molar-refractivity contribution in [3.05, 3.63) is 93.7 Å². The van der Waals surface area contributed by atoms with Gasteiger partial charge in [-0.25, -0.2) is 0 Å². The highest BCUT2D eigenvalue weighted by atomic mass is 35.5. The SMILES string of the molecule is C=CCc1c(Cl)cccc1OCc1cc(=O)n2nc(C3C=CC=CC3)nc2[nH]1. The molecule has 0 aliphatic heterocycles. The van der Waals surface area contributed by atoms with Crippen LogP contribution in [-0.4, -0.2) is 19.6 Å². The van der Waals surface area contributed by atoms with E-state index in [-0.39, 0.29) is 18.1 Å². The molecule has 0 bridgehead atoms. The highest BCUT2D eigenvalue weighted by molar-refractivity contribution is 6.31. The molecule has 7 heteroatoms. The van der Waals surface area contributed by atoms with Gasteiger partial charge in [-0.05, 0) is 25.0 Å². The van der Waals surface area contributed by atoms with Crippen molar-refractivity contribution in [1.29, 1.82) is 0 Å². The fraction of sp³-hybridized carbons (Fsp3) is 0.190. The molecule has 1 atom stereocenters. The lowest BCUT2D eigenvalue weighted by molar-refractivity contribution is 0.298. The van der Waals surface area contributed by atoms with Crippen LogP contribution >= 0.6 is 11.6 Å². The van der Waals surface area contributed by atoms with Crippen LogP contribution in [0.3, 0.4) is 0 Å². The summed E-state index contributed by atoms with van der Waals surface area (Å²) in [5.74, 6) is 1.76. The summed E-state index contributed by atoms with van der Waals surface area (Å²) >= 11 is 6.25. The van der Waals surface area contributed by atoms with Gasteiger partial charge in [0.1, 0.15) is 12.4 Å². The first-order valence-corrected chi connectivity index (χ1v) is 9.37. The van der Waals surface area contributed by atoms with Gasteiger partial charge < -0.3 is 9.72 Å². The fourth-order valence-corrected chi connectivity index (χ4v) is 3.37. The lowest BCUT2D eigenvalue weighted by Crippen LogP contribution is -2.17. The standard InChI is InChI=1S/C21H19ClN4O2/c1-2-7-16-17(22)10-6-11-18(16)28-13-15-12-19(27)26-21(23-15)24-20(25-26)14-8-4-3-5-9-14/h2-6,8,10-12,14H,1,7,9,13H2,(H,23,24,25). The largest absolute Gasteiger partial charge is 0.487 e. The van der Waals surface area contributed by atoms with E-state index in [1.165, 1.54) is 10.6 Å². The van der Waals surface area contributed by atoms with Crippen LogP contribution in [-0.2, 0) is 13.0 Å². The quantitative estimate of drug-likeness (QED) is 0.642. The smallest absolute Gasteiger partial charge is 0.276 e. The third-order valence-corrected chi connectivity index (χ3v) is 4.88. The molecule has 0 amide bonds. The van der Waals surface area contributed by atoms with Gasteiger partial charge in [0.2, 0.25) is 5.78 Å². The summed E-state index contributed by atoms with van der Waals surface area (Å²) in [5, 5.41) is 4.98. The Morgan fingerprint density at radius 1 is 1.39 bits per heavy atom. The van der Waals surface area contributed by atoms with Crippen molar-refractivity contribution in [2.45, 2.75) is 25.4 Å². The molecule has 0 radical (unpaired) electrons. The lowest BCUT2D eigenvalue weighted by atomic mass is 10.0. The first-order chi connectivity index (χ1) is 13.7. The lowest BCUT2D eigenvalue weighted by Gasteiger charge is -2.11. The zero-order chi connectivity index (χ0) is 19.5. The number of rotatable bonds is 6. The number of aromatic nitrogens is 4. The van der Waals surface area contributed by atoms with E-state index in [2.05, 4.69) is 27.7 Å². The predicted molar refractivity (Wildman–Crippen MR) is 109 cm³/mol. The Morgan fingerprint density at radius 3 is 3.07 bits per heavy atom. The average Bonchev–Trinajstić information content (AvgIpc) is 3.14. The third kappa shape index (κ3) is 3.64. The van der Waals surface area contributed by atoms with E-state index in [0.29, 0.717) is 34.5 Å². The molecule has 0 saturated heterocycles. The van der Waals surface area contributed by atoms with E-state index in [1.807, 2.05) is 36.4 Å². The number of nitrogens with zero attached hydrogens (tertiary/aromatic N) is 3. The Labute approximate surface area is 166 Å². The molecule has 6 nitrogen and oxygen atoms in total. The van der Waals surface area contributed by atoms with Crippen molar-refractivity contribution in [2.75, 3.05) is 0 Å². The fourth-order valence-electron chi connectivity index (χ4n) is 3.13. The van der Waals surface area contributed by atoms with Crippen LogP contribution in [0.25, 0.3) is 5.78 Å². The molecule has 1 unspecified atom stereocenters. The molecule has 0 fully saturated rings. The molecule has 2 heterocycles. The monoisotopic (exact) mass is 394 g/mol. The van der Waals surface area contributed by atoms with Crippen molar-refractivity contribution in [2.24, 2.45) is 0 Å². The molecule has 3 aromatic rings. The summed E-state index contributed by atoms with van der Waals surface area (Å²) in [6.07, 6.45) is 11.2. The van der Waals surface area contributed by atoms with Crippen LogP contribution < -0.4 is 10.3 Å². The maximum atomic E-state index is 12.4. The van der Waals surface area contributed by atoms with Gasteiger partial charge in [-0.15, -0.1) is 11.7 Å². The van der Waals surface area contributed by atoms with Gasteiger partial charge in [-0.3, -0.25) is 4.79 Å². The van der Waals surface area contributed by atoms with E-state index >= 15 is 0 Å². The molecule has 1 aromatic carbocycles. The summed E-state index contributed by atoms with van der Waals surface area (Å²) < 4.78 is 7.19. The molecule has 142 valence electrons. The zero-order valence-corrected chi connectivity index (χ0v) is 15.9. The maximum Gasteiger partial charge on any atom is 0.276 e. The Balaban J connectivity index is 1.59. The van der Waals surface area contributed by atoms with Crippen LogP contribution in [0, 0.1) is 0 Å². The molecule has 1 N–H and O–H groups in total. The summed E-state index contributed by atoms with van der Waals surface area (Å²) in [6.45, 7) is 3.94. The highest BCUT2D eigenvalue weighted by Crippen LogP contribution is 2.28. The van der Waals surface area contributed by atoms with Crippen molar-refractivity contribution in [3.63, 3.8) is 0 Å². The summed E-state index contributed by atoms with van der Waals surface area (Å²) in [7, 11) is 0. The van der Waals surface area contributed by atoms with Crippen LogP contribution in [0.2, 0.25) is 5.02 Å². The minimum Gasteiger partial charge on any atom is -0.487 e. The topological polar surface area (TPSA) is 72.3 Å². The Kier molecular flexibility index (Phi) is 5.12. The molecule has 28 heavy (non-hydrogen) atoms. The van der Waals surface area contributed by atoms with Gasteiger partial charge in [0.25, 0.3) is 5.56 Å². The van der Waals surface area contributed by atoms with Gasteiger partial charge in [0.05, 0.1) is 5.69 Å². The minimum absolute atomic E-state index is 0.0744. The van der Waals surface area contributed by atoms with E-state index in [4.69, 9.17) is 16.3 Å². The Hall–Kier alpha value is -3.12. The van der Waals surface area contributed by atoms with Gasteiger partial charge in [0.15, 0.2) is 5.82 Å². The van der Waals surface area contributed by atoms with Crippen LogP contribution in [0.4, 0.5) is 0 Å². The second-order valence-electron chi connectivity index (χ2n) is 6.49. The normalized spacial score (nSPS) is 15.8. The van der Waals surface area contributed by atoms with E-state index in [1.54, 1.807) is 6.08 Å². The molecule has 4 rings (SSSR count). The maximum absolute atomic E-state index is 12.4. The number of allylic oxidation sites excluding steroid dienone is 5. The van der Waals surface area contributed by atoms with Crippen LogP contribution in [0.1, 0.15) is 29.4 Å². The highest BCUT2D eigenvalue weighted by Gasteiger charge is 2.16. The molecule has 0 spiro atoms. The molecule has 2 aromatic heterocycles. The van der Waals surface area contributed by atoms with Crippen LogP contribution in [0.15, 0.2) is 66.0 Å². The van der Waals surface area contributed by atoms with E-state index in [9.17, 15) is 4.79 Å². The number of hydrogen-bond donors (Lipinski definition) is 1. The molecule has 0 saturated carbocycles. The minimum atomic E-state index is -0.251. The van der Waals surface area contributed by atoms with Gasteiger partial charge >= 0.3 is 0 Å². The molecule has 1 aliphatic carbocycles. The average molecular weight is 395 g/mol.